The van der Waals surface area contributed by atoms with Crippen molar-refractivity contribution >= 4 is 11.9 Å². The molecule has 0 heterocycles. The fourth-order valence-corrected chi connectivity index (χ4v) is 0.996. The molecule has 122 valence electrons. The molecule has 1 atom stereocenters. The maximum Gasteiger partial charge on any atom is 0.303 e. The van der Waals surface area contributed by atoms with Gasteiger partial charge >= 0.3 is 11.9 Å². The Morgan fingerprint density at radius 2 is 1.25 bits per heavy atom. The Morgan fingerprint density at radius 3 is 1.30 bits per heavy atom. The van der Waals surface area contributed by atoms with E-state index in [1.54, 1.807) is 13.8 Å². The highest BCUT2D eigenvalue weighted by atomic mass is 16.4. The van der Waals surface area contributed by atoms with Gasteiger partial charge in [-0.2, -0.15) is 0 Å². The quantitative estimate of drug-likeness (QED) is 0.616. The summed E-state index contributed by atoms with van der Waals surface area (Å²) in [5, 5.41) is 33.8. The van der Waals surface area contributed by atoms with Gasteiger partial charge in [0.05, 0.1) is 12.7 Å². The lowest BCUT2D eigenvalue weighted by molar-refractivity contribution is -0.137. The number of aliphatic hydroxyl groups is 2. The summed E-state index contributed by atoms with van der Waals surface area (Å²) in [6.07, 6.45) is 0.0255. The van der Waals surface area contributed by atoms with E-state index in [9.17, 15) is 14.7 Å². The molecule has 0 amide bonds. The monoisotopic (exact) mass is 294 g/mol. The van der Waals surface area contributed by atoms with Gasteiger partial charge in [0.1, 0.15) is 0 Å². The summed E-state index contributed by atoms with van der Waals surface area (Å²) >= 11 is 0. The van der Waals surface area contributed by atoms with Crippen molar-refractivity contribution in [2.24, 2.45) is 11.3 Å². The van der Waals surface area contributed by atoms with Crippen LogP contribution in [-0.4, -0.2) is 45.1 Å². The summed E-state index contributed by atoms with van der Waals surface area (Å²) in [5.74, 6) is -1.28. The van der Waals surface area contributed by atoms with Crippen molar-refractivity contribution < 1.29 is 30.0 Å². The van der Waals surface area contributed by atoms with Crippen LogP contribution in [0.4, 0.5) is 0 Å². The predicted octanol–water partition coefficient (Wildman–Crippen LogP) is 1.98. The Morgan fingerprint density at radius 1 is 1.00 bits per heavy atom. The van der Waals surface area contributed by atoms with Crippen LogP contribution in [0.1, 0.15) is 54.4 Å². The first-order valence-corrected chi connectivity index (χ1v) is 6.68. The van der Waals surface area contributed by atoms with Crippen LogP contribution in [0.2, 0.25) is 0 Å². The number of carboxylic acids is 2. The first-order valence-electron chi connectivity index (χ1n) is 6.68. The third-order valence-corrected chi connectivity index (χ3v) is 2.44. The standard InChI is InChI=1S/C8H18O2.2C3H6O2/c1-6(2)7(10)8(3,4)5-9;2*1-2-3(4)5/h6-7,9-10H,5H2,1-4H3;2*2H2,1H3,(H,4,5). The van der Waals surface area contributed by atoms with Gasteiger partial charge in [0.25, 0.3) is 0 Å². The van der Waals surface area contributed by atoms with Gasteiger partial charge in [0, 0.05) is 18.3 Å². The van der Waals surface area contributed by atoms with Crippen molar-refractivity contribution in [2.45, 2.75) is 60.5 Å². The summed E-state index contributed by atoms with van der Waals surface area (Å²) in [7, 11) is 0. The number of aliphatic carboxylic acids is 2. The smallest absolute Gasteiger partial charge is 0.303 e. The third kappa shape index (κ3) is 16.9. The highest BCUT2D eigenvalue weighted by Crippen LogP contribution is 2.24. The average Bonchev–Trinajstić information content (AvgIpc) is 2.38. The topological polar surface area (TPSA) is 115 Å². The summed E-state index contributed by atoms with van der Waals surface area (Å²) < 4.78 is 0. The molecule has 0 aliphatic carbocycles. The number of hydrogen-bond acceptors (Lipinski definition) is 4. The van der Waals surface area contributed by atoms with Crippen molar-refractivity contribution in [1.29, 1.82) is 0 Å². The Kier molecular flexibility index (Phi) is 15.4. The molecule has 0 spiro atoms. The summed E-state index contributed by atoms with van der Waals surface area (Å²) in [4.78, 5) is 18.7. The summed E-state index contributed by atoms with van der Waals surface area (Å²) in [5.41, 5.74) is -0.367. The molecule has 0 rings (SSSR count). The maximum absolute atomic E-state index is 9.49. The highest BCUT2D eigenvalue weighted by Gasteiger charge is 2.28. The van der Waals surface area contributed by atoms with Crippen LogP contribution < -0.4 is 0 Å². The van der Waals surface area contributed by atoms with Crippen LogP contribution >= 0.6 is 0 Å². The number of carboxylic acid groups (broad SMARTS) is 2. The number of aliphatic hydroxyl groups excluding tert-OH is 2. The van der Waals surface area contributed by atoms with Gasteiger partial charge in [-0.1, -0.05) is 41.5 Å². The molecule has 6 heteroatoms. The van der Waals surface area contributed by atoms with E-state index in [1.165, 1.54) is 0 Å². The van der Waals surface area contributed by atoms with Gasteiger partial charge in [0.2, 0.25) is 0 Å². The van der Waals surface area contributed by atoms with Gasteiger partial charge in [-0.05, 0) is 5.92 Å². The minimum absolute atomic E-state index is 0.0341. The van der Waals surface area contributed by atoms with Crippen molar-refractivity contribution in [3.8, 4) is 0 Å². The molecule has 0 fully saturated rings. The molecule has 0 bridgehead atoms. The Balaban J connectivity index is -0.000000244. The number of carbonyl (C=O) groups is 2. The molecule has 20 heavy (non-hydrogen) atoms. The Hall–Kier alpha value is -1.14. The van der Waals surface area contributed by atoms with E-state index in [2.05, 4.69) is 0 Å². The van der Waals surface area contributed by atoms with E-state index in [4.69, 9.17) is 15.3 Å². The SMILES string of the molecule is CC(C)C(O)C(C)(C)CO.CCC(=O)O.CCC(=O)O. The summed E-state index contributed by atoms with van der Waals surface area (Å²) in [6.45, 7) is 10.8. The lowest BCUT2D eigenvalue weighted by atomic mass is 9.82. The second kappa shape index (κ2) is 12.9. The fourth-order valence-electron chi connectivity index (χ4n) is 0.996. The number of hydrogen-bond donors (Lipinski definition) is 4. The van der Waals surface area contributed by atoms with E-state index in [0.717, 1.165) is 0 Å². The average molecular weight is 294 g/mol. The van der Waals surface area contributed by atoms with E-state index in [1.807, 2.05) is 27.7 Å². The van der Waals surface area contributed by atoms with E-state index < -0.39 is 18.0 Å². The number of rotatable bonds is 5. The molecule has 6 nitrogen and oxygen atoms in total. The molecule has 0 saturated carbocycles. The molecule has 0 saturated heterocycles. The second-order valence-corrected chi connectivity index (χ2v) is 5.33. The van der Waals surface area contributed by atoms with Crippen LogP contribution in [0.25, 0.3) is 0 Å². The normalized spacial score (nSPS) is 11.7. The van der Waals surface area contributed by atoms with E-state index in [-0.39, 0.29) is 30.8 Å². The first-order chi connectivity index (χ1) is 8.95. The van der Waals surface area contributed by atoms with Crippen molar-refractivity contribution in [3.63, 3.8) is 0 Å². The van der Waals surface area contributed by atoms with Crippen LogP contribution in [0.15, 0.2) is 0 Å². The lowest BCUT2D eigenvalue weighted by Crippen LogP contribution is -2.36. The van der Waals surface area contributed by atoms with Crippen LogP contribution in [0.3, 0.4) is 0 Å². The Bertz CT molecular complexity index is 246. The van der Waals surface area contributed by atoms with E-state index >= 15 is 0 Å². The largest absolute Gasteiger partial charge is 0.481 e. The molecule has 0 aromatic carbocycles. The zero-order chi connectivity index (χ0) is 16.9. The molecular formula is C14H30O6. The molecule has 0 aliphatic rings. The van der Waals surface area contributed by atoms with Crippen molar-refractivity contribution in [2.75, 3.05) is 6.61 Å². The molecule has 0 radical (unpaired) electrons. The fraction of sp³-hybridized carbons (Fsp3) is 0.857. The predicted molar refractivity (Wildman–Crippen MR) is 77.6 cm³/mol. The van der Waals surface area contributed by atoms with Gasteiger partial charge < -0.3 is 20.4 Å². The first kappa shape index (κ1) is 23.9. The minimum atomic E-state index is -0.745. The minimum Gasteiger partial charge on any atom is -0.481 e. The molecule has 4 N–H and O–H groups in total. The summed E-state index contributed by atoms with van der Waals surface area (Å²) in [6, 6.07) is 0. The van der Waals surface area contributed by atoms with Crippen LogP contribution in [-0.2, 0) is 9.59 Å². The van der Waals surface area contributed by atoms with Crippen LogP contribution in [0.5, 0.6) is 0 Å². The molecule has 0 aromatic heterocycles. The van der Waals surface area contributed by atoms with E-state index in [0.29, 0.717) is 0 Å². The van der Waals surface area contributed by atoms with Crippen molar-refractivity contribution in [3.05, 3.63) is 0 Å². The zero-order valence-electron chi connectivity index (χ0n) is 13.4. The lowest BCUT2D eigenvalue weighted by Gasteiger charge is -2.30. The van der Waals surface area contributed by atoms with Gasteiger partial charge in [0.15, 0.2) is 0 Å². The maximum atomic E-state index is 9.49. The van der Waals surface area contributed by atoms with Gasteiger partial charge in [-0.25, -0.2) is 0 Å². The van der Waals surface area contributed by atoms with Gasteiger partial charge in [-0.15, -0.1) is 0 Å². The molecule has 1 unspecified atom stereocenters. The van der Waals surface area contributed by atoms with Crippen LogP contribution in [0, 0.1) is 11.3 Å². The zero-order valence-corrected chi connectivity index (χ0v) is 13.4. The highest BCUT2D eigenvalue weighted by molar-refractivity contribution is 5.66. The molecule has 0 aliphatic heterocycles. The molecule has 0 aromatic rings. The molecular weight excluding hydrogens is 264 g/mol. The second-order valence-electron chi connectivity index (χ2n) is 5.33. The van der Waals surface area contributed by atoms with Crippen molar-refractivity contribution in [1.82, 2.24) is 0 Å². The third-order valence-electron chi connectivity index (χ3n) is 2.44. The Labute approximate surface area is 121 Å². The van der Waals surface area contributed by atoms with Gasteiger partial charge in [-0.3, -0.25) is 9.59 Å².